The topological polar surface area (TPSA) is 25.8 Å². The van der Waals surface area contributed by atoms with E-state index in [0.717, 1.165) is 22.8 Å². The van der Waals surface area contributed by atoms with Crippen molar-refractivity contribution >= 4 is 96.0 Å². The van der Waals surface area contributed by atoms with Crippen molar-refractivity contribution in [1.29, 1.82) is 0 Å². The lowest BCUT2D eigenvalue weighted by Gasteiger charge is -2.25. The quantitative estimate of drug-likeness (QED) is 0.183. The Hall–Kier alpha value is -5.16. The Bertz CT molecular complexity index is 2740. The smallest absolute Gasteiger partial charge is 0.0967 e. The molecule has 0 fully saturated rings. The van der Waals surface area contributed by atoms with E-state index in [2.05, 4.69) is 121 Å². The van der Waals surface area contributed by atoms with Crippen molar-refractivity contribution in [3.8, 4) is 0 Å². The van der Waals surface area contributed by atoms with Crippen molar-refractivity contribution in [2.24, 2.45) is 0 Å². The highest BCUT2D eigenvalue weighted by atomic mass is 32.1. The van der Waals surface area contributed by atoms with Crippen LogP contribution in [0.5, 0.6) is 0 Å². The van der Waals surface area contributed by atoms with Crippen LogP contribution in [-0.2, 0) is 0 Å². The maximum Gasteiger partial charge on any atom is 0.0967 e. The number of nitrogens with zero attached hydrogens (tertiary/aromatic N) is 2. The predicted molar refractivity (Wildman–Crippen MR) is 199 cm³/mol. The molecule has 0 radical (unpaired) electrons. The number of benzene rings is 5. The van der Waals surface area contributed by atoms with Gasteiger partial charge in [-0.2, -0.15) is 0 Å². The minimum atomic E-state index is 0.177. The Balaban J connectivity index is 1.20. The van der Waals surface area contributed by atoms with Crippen molar-refractivity contribution in [2.75, 3.05) is 0 Å². The van der Waals surface area contributed by atoms with Gasteiger partial charge in [0.05, 0.1) is 11.0 Å². The maximum absolute atomic E-state index is 4.84. The standard InChI is InChI=1S/C42H26N2S2/c1-3-11-37-31(8-1)35-22-25(13-15-39(35)45-37)28-19-29(26-14-16-40-36(23-26)32-9-2-4-12-38(32)46-40)21-30(20-28)34-24-27-7-5-17-43-41(27)42-33(34)10-6-18-44-42/h1-20,22-24,30H,21H2. The Kier molecular flexibility index (Phi) is 5.77. The van der Waals surface area contributed by atoms with Gasteiger partial charge in [0.1, 0.15) is 0 Å². The zero-order valence-corrected chi connectivity index (χ0v) is 26.4. The molecule has 10 rings (SSSR count). The molecule has 5 aromatic carbocycles. The third-order valence-corrected chi connectivity index (χ3v) is 11.8. The van der Waals surface area contributed by atoms with Crippen LogP contribution >= 0.6 is 22.7 Å². The molecule has 0 saturated carbocycles. The van der Waals surface area contributed by atoms with Crippen LogP contribution in [0.15, 0.2) is 140 Å². The molecule has 4 heterocycles. The van der Waals surface area contributed by atoms with Crippen LogP contribution in [-0.4, -0.2) is 9.97 Å². The summed E-state index contributed by atoms with van der Waals surface area (Å²) >= 11 is 3.74. The zero-order chi connectivity index (χ0) is 30.2. The van der Waals surface area contributed by atoms with Gasteiger partial charge in [-0.1, -0.05) is 72.8 Å². The van der Waals surface area contributed by atoms with E-state index in [1.54, 1.807) is 0 Å². The lowest BCUT2D eigenvalue weighted by Crippen LogP contribution is -2.05. The van der Waals surface area contributed by atoms with Gasteiger partial charge < -0.3 is 0 Å². The van der Waals surface area contributed by atoms with Crippen molar-refractivity contribution in [3.05, 3.63) is 156 Å². The molecular formula is C42H26N2S2. The third-order valence-electron chi connectivity index (χ3n) is 9.50. The minimum Gasteiger partial charge on any atom is -0.254 e. The van der Waals surface area contributed by atoms with Gasteiger partial charge in [-0.3, -0.25) is 9.97 Å². The monoisotopic (exact) mass is 622 g/mol. The zero-order valence-electron chi connectivity index (χ0n) is 24.8. The molecule has 0 aliphatic heterocycles. The molecule has 1 aliphatic rings. The SMILES string of the molecule is C1=C(c2ccc3sc4ccccc4c3c2)C=C(c2ccc3sc4ccccc4c3c2)CC1c1cc2cccnc2c2ncccc12. The first-order valence-electron chi connectivity index (χ1n) is 15.6. The average Bonchev–Trinajstić information content (AvgIpc) is 3.69. The van der Waals surface area contributed by atoms with Crippen molar-refractivity contribution < 1.29 is 0 Å². The molecule has 0 saturated heterocycles. The molecule has 0 N–H and O–H groups in total. The highest BCUT2D eigenvalue weighted by Gasteiger charge is 2.23. The first-order chi connectivity index (χ1) is 22.8. The van der Waals surface area contributed by atoms with Gasteiger partial charge in [0.15, 0.2) is 0 Å². The van der Waals surface area contributed by atoms with Crippen molar-refractivity contribution in [3.63, 3.8) is 0 Å². The Morgan fingerprint density at radius 3 is 1.89 bits per heavy atom. The van der Waals surface area contributed by atoms with Gasteiger partial charge in [-0.05, 0) is 88.9 Å². The summed E-state index contributed by atoms with van der Waals surface area (Å²) in [6.07, 6.45) is 9.59. The summed E-state index contributed by atoms with van der Waals surface area (Å²) in [5.74, 6) is 0.177. The van der Waals surface area contributed by atoms with E-state index in [4.69, 9.17) is 9.97 Å². The Labute approximate surface area is 273 Å². The number of thiophene rings is 2. The van der Waals surface area contributed by atoms with Crippen LogP contribution in [0.25, 0.3) is 73.3 Å². The summed E-state index contributed by atoms with van der Waals surface area (Å²) in [5, 5.41) is 7.64. The molecule has 2 nitrogen and oxygen atoms in total. The molecule has 0 spiro atoms. The van der Waals surface area contributed by atoms with E-state index in [1.807, 2.05) is 41.1 Å². The fourth-order valence-corrected chi connectivity index (χ4v) is 9.50. The first kappa shape index (κ1) is 26.1. The van der Waals surface area contributed by atoms with Crippen LogP contribution in [0.4, 0.5) is 0 Å². The molecule has 0 amide bonds. The molecule has 9 aromatic rings. The van der Waals surface area contributed by atoms with Gasteiger partial charge in [0.2, 0.25) is 0 Å². The van der Waals surface area contributed by atoms with Crippen LogP contribution in [0.2, 0.25) is 0 Å². The molecule has 216 valence electrons. The van der Waals surface area contributed by atoms with E-state index in [-0.39, 0.29) is 5.92 Å². The van der Waals surface area contributed by atoms with Gasteiger partial charge in [0.25, 0.3) is 0 Å². The lowest BCUT2D eigenvalue weighted by molar-refractivity contribution is 0.880. The number of aromatic nitrogens is 2. The number of allylic oxidation sites excluding steroid dienone is 4. The minimum absolute atomic E-state index is 0.177. The second-order valence-corrected chi connectivity index (χ2v) is 14.3. The van der Waals surface area contributed by atoms with E-state index in [9.17, 15) is 0 Å². The number of rotatable bonds is 3. The third kappa shape index (κ3) is 4.07. The molecule has 1 aliphatic carbocycles. The number of pyridine rings is 2. The summed E-state index contributed by atoms with van der Waals surface area (Å²) in [7, 11) is 0. The maximum atomic E-state index is 4.84. The highest BCUT2D eigenvalue weighted by Crippen LogP contribution is 2.45. The molecular weight excluding hydrogens is 597 g/mol. The van der Waals surface area contributed by atoms with Gasteiger partial charge in [-0.15, -0.1) is 22.7 Å². The van der Waals surface area contributed by atoms with Crippen LogP contribution < -0.4 is 0 Å². The summed E-state index contributed by atoms with van der Waals surface area (Å²) in [6.45, 7) is 0. The lowest BCUT2D eigenvalue weighted by atomic mass is 9.79. The largest absolute Gasteiger partial charge is 0.254 e. The van der Waals surface area contributed by atoms with E-state index in [1.165, 1.54) is 73.6 Å². The summed E-state index contributed by atoms with van der Waals surface area (Å²) < 4.78 is 5.34. The Morgan fingerprint density at radius 1 is 0.522 bits per heavy atom. The molecule has 1 atom stereocenters. The number of hydrogen-bond acceptors (Lipinski definition) is 4. The molecule has 1 unspecified atom stereocenters. The van der Waals surface area contributed by atoms with Crippen molar-refractivity contribution in [1.82, 2.24) is 9.97 Å². The van der Waals surface area contributed by atoms with Gasteiger partial charge >= 0.3 is 0 Å². The molecule has 4 heteroatoms. The second-order valence-electron chi connectivity index (χ2n) is 12.2. The fourth-order valence-electron chi connectivity index (χ4n) is 7.33. The highest BCUT2D eigenvalue weighted by molar-refractivity contribution is 7.26. The summed E-state index contributed by atoms with van der Waals surface area (Å²) in [4.78, 5) is 9.57. The van der Waals surface area contributed by atoms with Crippen LogP contribution in [0.1, 0.15) is 29.0 Å². The Morgan fingerprint density at radius 2 is 1.13 bits per heavy atom. The molecule has 46 heavy (non-hydrogen) atoms. The predicted octanol–water partition coefficient (Wildman–Crippen LogP) is 12.2. The van der Waals surface area contributed by atoms with Gasteiger partial charge in [-0.25, -0.2) is 0 Å². The summed E-state index contributed by atoms with van der Waals surface area (Å²) in [5.41, 5.74) is 8.40. The second kappa shape index (κ2) is 10.2. The van der Waals surface area contributed by atoms with E-state index < -0.39 is 0 Å². The number of fused-ring (bicyclic) bond motifs is 9. The van der Waals surface area contributed by atoms with E-state index in [0.29, 0.717) is 0 Å². The van der Waals surface area contributed by atoms with Crippen LogP contribution in [0.3, 0.4) is 0 Å². The van der Waals surface area contributed by atoms with E-state index >= 15 is 0 Å². The average molecular weight is 623 g/mol. The fraction of sp³-hybridized carbons (Fsp3) is 0.0476. The number of hydrogen-bond donors (Lipinski definition) is 0. The molecule has 0 bridgehead atoms. The van der Waals surface area contributed by atoms with Crippen LogP contribution in [0, 0.1) is 0 Å². The normalized spacial score (nSPS) is 15.3. The first-order valence-corrected chi connectivity index (χ1v) is 17.3. The van der Waals surface area contributed by atoms with Crippen molar-refractivity contribution in [2.45, 2.75) is 12.3 Å². The summed E-state index contributed by atoms with van der Waals surface area (Å²) in [6, 6.07) is 42.4. The molecule has 4 aromatic heterocycles. The van der Waals surface area contributed by atoms with Gasteiger partial charge in [0, 0.05) is 69.4 Å².